The van der Waals surface area contributed by atoms with E-state index in [9.17, 15) is 31.5 Å². The van der Waals surface area contributed by atoms with Crippen LogP contribution in [0.3, 0.4) is 0 Å². The summed E-state index contributed by atoms with van der Waals surface area (Å²) < 4.78 is 71.3. The minimum Gasteiger partial charge on any atom is -0.467 e. The van der Waals surface area contributed by atoms with Gasteiger partial charge in [-0.3, -0.25) is 4.79 Å². The van der Waals surface area contributed by atoms with Crippen LogP contribution in [-0.4, -0.2) is 25.0 Å². The fourth-order valence-corrected chi connectivity index (χ4v) is 2.64. The number of carbonyl (C=O) groups is 2. The maximum absolute atomic E-state index is 13.7. The molecule has 150 valence electrons. The molecule has 0 saturated heterocycles. The van der Waals surface area contributed by atoms with Crippen LogP contribution in [0, 0.1) is 11.6 Å². The summed E-state index contributed by atoms with van der Waals surface area (Å²) in [6.45, 7) is 0. The predicted octanol–water partition coefficient (Wildman–Crippen LogP) is 3.43. The van der Waals surface area contributed by atoms with Crippen LogP contribution < -0.4 is 5.32 Å². The van der Waals surface area contributed by atoms with Gasteiger partial charge in [-0.05, 0) is 23.8 Å². The first-order valence-electron chi connectivity index (χ1n) is 8.08. The van der Waals surface area contributed by atoms with Gasteiger partial charge in [-0.2, -0.15) is 13.2 Å². The molecule has 2 aromatic rings. The molecule has 1 atom stereocenters. The first-order chi connectivity index (χ1) is 13.1. The van der Waals surface area contributed by atoms with Gasteiger partial charge in [0.25, 0.3) is 0 Å². The average molecular weight is 401 g/mol. The van der Waals surface area contributed by atoms with Crippen molar-refractivity contribution in [2.24, 2.45) is 0 Å². The molecular formula is C19H16F5NO3. The molecule has 0 unspecified atom stereocenters. The first kappa shape index (κ1) is 21.3. The molecule has 1 amide bonds. The van der Waals surface area contributed by atoms with Crippen LogP contribution in [0.15, 0.2) is 42.5 Å². The zero-order chi connectivity index (χ0) is 20.9. The molecule has 0 aromatic heterocycles. The van der Waals surface area contributed by atoms with Gasteiger partial charge in [-0.1, -0.05) is 24.3 Å². The number of rotatable bonds is 6. The summed E-state index contributed by atoms with van der Waals surface area (Å²) in [5.74, 6) is -3.83. The summed E-state index contributed by atoms with van der Waals surface area (Å²) in [6, 6.07) is 6.15. The van der Waals surface area contributed by atoms with Crippen LogP contribution in [0.25, 0.3) is 0 Å². The van der Waals surface area contributed by atoms with E-state index >= 15 is 0 Å². The number of alkyl halides is 3. The van der Waals surface area contributed by atoms with Gasteiger partial charge in [-0.25, -0.2) is 13.6 Å². The van der Waals surface area contributed by atoms with E-state index in [0.717, 1.165) is 31.4 Å². The van der Waals surface area contributed by atoms with Gasteiger partial charge in [0.1, 0.15) is 17.7 Å². The van der Waals surface area contributed by atoms with E-state index in [1.165, 1.54) is 18.2 Å². The minimum atomic E-state index is -4.66. The summed E-state index contributed by atoms with van der Waals surface area (Å²) in [5.41, 5.74) is -1.71. The van der Waals surface area contributed by atoms with Gasteiger partial charge < -0.3 is 10.1 Å². The summed E-state index contributed by atoms with van der Waals surface area (Å²) in [6.07, 6.45) is -5.89. The molecule has 0 heterocycles. The highest BCUT2D eigenvalue weighted by atomic mass is 19.4. The average Bonchev–Trinajstić information content (AvgIpc) is 2.63. The number of esters is 1. The van der Waals surface area contributed by atoms with Gasteiger partial charge in [-0.15, -0.1) is 0 Å². The normalized spacial score (nSPS) is 12.4. The highest BCUT2D eigenvalue weighted by Gasteiger charge is 2.34. The number of carbonyl (C=O) groups excluding carboxylic acids is 2. The molecule has 4 nitrogen and oxygen atoms in total. The number of methoxy groups -OCH3 is 1. The Kier molecular flexibility index (Phi) is 6.71. The molecule has 9 heteroatoms. The Balaban J connectivity index is 2.22. The molecule has 0 radical (unpaired) electrons. The van der Waals surface area contributed by atoms with Crippen LogP contribution in [0.2, 0.25) is 0 Å². The Morgan fingerprint density at radius 1 is 1.04 bits per heavy atom. The van der Waals surface area contributed by atoms with E-state index in [4.69, 9.17) is 0 Å². The summed E-state index contributed by atoms with van der Waals surface area (Å²) >= 11 is 0. The van der Waals surface area contributed by atoms with Crippen molar-refractivity contribution in [3.05, 3.63) is 70.8 Å². The molecule has 0 bridgehead atoms. The van der Waals surface area contributed by atoms with Gasteiger partial charge in [0.05, 0.1) is 19.1 Å². The molecule has 0 aliphatic heterocycles. The molecule has 2 rings (SSSR count). The summed E-state index contributed by atoms with van der Waals surface area (Å²) in [7, 11) is 1.01. The number of halogens is 5. The summed E-state index contributed by atoms with van der Waals surface area (Å²) in [4.78, 5) is 24.1. The zero-order valence-electron chi connectivity index (χ0n) is 14.6. The Hall–Kier alpha value is -2.97. The highest BCUT2D eigenvalue weighted by molar-refractivity contribution is 5.86. The van der Waals surface area contributed by atoms with Crippen LogP contribution in [0.1, 0.15) is 16.7 Å². The monoisotopic (exact) mass is 401 g/mol. The number of benzene rings is 2. The third-order valence-corrected chi connectivity index (χ3v) is 3.97. The molecule has 2 aromatic carbocycles. The standard InChI is InChI=1S/C19H16F5NO3/c1-28-18(27)16(9-11-5-2-3-6-13(11)19(22,23)24)25-17(26)10-12-14(20)7-4-8-15(12)21/h2-8,16H,9-10H2,1H3,(H,25,26)/t16-/m1/s1. The van der Waals surface area contributed by atoms with Crippen LogP contribution in [-0.2, 0) is 33.3 Å². The smallest absolute Gasteiger partial charge is 0.416 e. The molecule has 0 saturated carbocycles. The number of hydrogen-bond donors (Lipinski definition) is 1. The molecule has 28 heavy (non-hydrogen) atoms. The van der Waals surface area contributed by atoms with Crippen LogP contribution in [0.4, 0.5) is 22.0 Å². The lowest BCUT2D eigenvalue weighted by Crippen LogP contribution is -2.44. The second-order valence-corrected chi connectivity index (χ2v) is 5.88. The minimum absolute atomic E-state index is 0.234. The van der Waals surface area contributed by atoms with Crippen molar-refractivity contribution in [1.29, 1.82) is 0 Å². The van der Waals surface area contributed by atoms with E-state index in [1.54, 1.807) is 0 Å². The lowest BCUT2D eigenvalue weighted by atomic mass is 9.99. The molecule has 0 fully saturated rings. The molecular weight excluding hydrogens is 385 g/mol. The number of nitrogens with one attached hydrogen (secondary N) is 1. The van der Waals surface area contributed by atoms with Crippen molar-refractivity contribution in [3.63, 3.8) is 0 Å². The lowest BCUT2D eigenvalue weighted by Gasteiger charge is -2.19. The van der Waals surface area contributed by atoms with E-state index in [0.29, 0.717) is 0 Å². The predicted molar refractivity (Wildman–Crippen MR) is 89.2 cm³/mol. The quantitative estimate of drug-likeness (QED) is 0.596. The van der Waals surface area contributed by atoms with Crippen LogP contribution >= 0.6 is 0 Å². The molecule has 0 aliphatic carbocycles. The van der Waals surface area contributed by atoms with E-state index < -0.39 is 59.7 Å². The van der Waals surface area contributed by atoms with Gasteiger partial charge in [0.2, 0.25) is 5.91 Å². The van der Waals surface area contributed by atoms with Crippen molar-refractivity contribution in [3.8, 4) is 0 Å². The number of hydrogen-bond acceptors (Lipinski definition) is 3. The largest absolute Gasteiger partial charge is 0.467 e. The maximum atomic E-state index is 13.7. The zero-order valence-corrected chi connectivity index (χ0v) is 14.6. The van der Waals surface area contributed by atoms with Crippen molar-refractivity contribution in [2.75, 3.05) is 7.11 Å². The second-order valence-electron chi connectivity index (χ2n) is 5.88. The Morgan fingerprint density at radius 2 is 1.64 bits per heavy atom. The Bertz CT molecular complexity index is 847. The first-order valence-corrected chi connectivity index (χ1v) is 8.08. The Labute approximate surface area is 157 Å². The lowest BCUT2D eigenvalue weighted by molar-refractivity contribution is -0.145. The van der Waals surface area contributed by atoms with Crippen molar-refractivity contribution in [1.82, 2.24) is 5.32 Å². The van der Waals surface area contributed by atoms with E-state index in [2.05, 4.69) is 10.1 Å². The fourth-order valence-electron chi connectivity index (χ4n) is 2.64. The topological polar surface area (TPSA) is 55.4 Å². The number of ether oxygens (including phenoxy) is 1. The molecule has 1 N–H and O–H groups in total. The fraction of sp³-hybridized carbons (Fsp3) is 0.263. The molecule has 0 aliphatic rings. The highest BCUT2D eigenvalue weighted by Crippen LogP contribution is 2.32. The van der Waals surface area contributed by atoms with E-state index in [-0.39, 0.29) is 5.56 Å². The molecule has 0 spiro atoms. The van der Waals surface area contributed by atoms with Crippen LogP contribution in [0.5, 0.6) is 0 Å². The third-order valence-electron chi connectivity index (χ3n) is 3.97. The summed E-state index contributed by atoms with van der Waals surface area (Å²) in [5, 5.41) is 2.18. The number of amides is 1. The van der Waals surface area contributed by atoms with E-state index in [1.807, 2.05) is 0 Å². The van der Waals surface area contributed by atoms with Crippen molar-refractivity contribution < 1.29 is 36.3 Å². The van der Waals surface area contributed by atoms with Gasteiger partial charge >= 0.3 is 12.1 Å². The SMILES string of the molecule is COC(=O)[C@@H](Cc1ccccc1C(F)(F)F)NC(=O)Cc1c(F)cccc1F. The van der Waals surface area contributed by atoms with Gasteiger partial charge in [0, 0.05) is 12.0 Å². The maximum Gasteiger partial charge on any atom is 0.416 e. The van der Waals surface area contributed by atoms with Crippen molar-refractivity contribution in [2.45, 2.75) is 25.1 Å². The third kappa shape index (κ3) is 5.28. The Morgan fingerprint density at radius 3 is 2.21 bits per heavy atom. The van der Waals surface area contributed by atoms with Crippen molar-refractivity contribution >= 4 is 11.9 Å². The second kappa shape index (κ2) is 8.81. The van der Waals surface area contributed by atoms with Gasteiger partial charge in [0.15, 0.2) is 0 Å².